The van der Waals surface area contributed by atoms with Crippen LogP contribution >= 0.6 is 0 Å². The van der Waals surface area contributed by atoms with Crippen molar-refractivity contribution in [3.05, 3.63) is 0 Å². The van der Waals surface area contributed by atoms with E-state index in [2.05, 4.69) is 20.8 Å². The molecule has 0 amide bonds. The van der Waals surface area contributed by atoms with Gasteiger partial charge < -0.3 is 14.6 Å². The van der Waals surface area contributed by atoms with Crippen LogP contribution in [0.4, 0.5) is 0 Å². The summed E-state index contributed by atoms with van der Waals surface area (Å²) in [4.78, 5) is 11.7. The van der Waals surface area contributed by atoms with Gasteiger partial charge in [0.1, 0.15) is 0 Å². The van der Waals surface area contributed by atoms with Crippen molar-refractivity contribution < 1.29 is 19.4 Å². The lowest BCUT2D eigenvalue weighted by Crippen LogP contribution is -2.46. The van der Waals surface area contributed by atoms with Crippen molar-refractivity contribution in [3.8, 4) is 0 Å². The molecule has 4 nitrogen and oxygen atoms in total. The van der Waals surface area contributed by atoms with Crippen molar-refractivity contribution in [3.63, 3.8) is 0 Å². The zero-order valence-electron chi connectivity index (χ0n) is 17.4. The van der Waals surface area contributed by atoms with Gasteiger partial charge in [0, 0.05) is 0 Å². The maximum absolute atomic E-state index is 11.7. The summed E-state index contributed by atoms with van der Waals surface area (Å²) in [7, 11) is 0. The molecule has 144 valence electrons. The molecule has 24 heavy (non-hydrogen) atoms. The van der Waals surface area contributed by atoms with E-state index in [0.29, 0.717) is 19.4 Å². The fraction of sp³-hybridized carbons (Fsp3) is 0.950. The minimum absolute atomic E-state index is 0.160. The molecule has 0 saturated heterocycles. The van der Waals surface area contributed by atoms with E-state index in [9.17, 15) is 9.90 Å². The van der Waals surface area contributed by atoms with Gasteiger partial charge in [0.15, 0.2) is 0 Å². The highest BCUT2D eigenvalue weighted by atomic mass is 16.5. The molecule has 0 spiro atoms. The molecule has 0 aliphatic heterocycles. The molecule has 1 N–H and O–H groups in total. The van der Waals surface area contributed by atoms with E-state index in [1.54, 1.807) is 0 Å². The van der Waals surface area contributed by atoms with Crippen molar-refractivity contribution in [2.45, 2.75) is 111 Å². The lowest BCUT2D eigenvalue weighted by molar-refractivity contribution is -0.180. The summed E-state index contributed by atoms with van der Waals surface area (Å²) in [6.07, 6.45) is 3.55. The smallest absolute Gasteiger partial charge is 0.309 e. The quantitative estimate of drug-likeness (QED) is 0.542. The molecule has 0 fully saturated rings. The van der Waals surface area contributed by atoms with Crippen LogP contribution in [-0.2, 0) is 14.3 Å². The van der Waals surface area contributed by atoms with Crippen LogP contribution in [0.3, 0.4) is 0 Å². The van der Waals surface area contributed by atoms with E-state index in [1.807, 2.05) is 41.5 Å². The predicted octanol–water partition coefficient (Wildman–Crippen LogP) is 5.44. The van der Waals surface area contributed by atoms with Crippen molar-refractivity contribution >= 4 is 5.97 Å². The van der Waals surface area contributed by atoms with Crippen LogP contribution in [0.15, 0.2) is 0 Å². The largest absolute Gasteiger partial charge is 0.481 e. The molecule has 0 aromatic carbocycles. The van der Waals surface area contributed by atoms with E-state index in [0.717, 1.165) is 19.3 Å². The van der Waals surface area contributed by atoms with Crippen molar-refractivity contribution in [1.82, 2.24) is 0 Å². The van der Waals surface area contributed by atoms with Crippen LogP contribution in [0.5, 0.6) is 0 Å². The monoisotopic (exact) mass is 344 g/mol. The highest BCUT2D eigenvalue weighted by molar-refractivity contribution is 5.74. The average Bonchev–Trinajstić information content (AvgIpc) is 2.45. The molecular weight excluding hydrogens is 304 g/mol. The third kappa shape index (κ3) is 7.52. The summed E-state index contributed by atoms with van der Waals surface area (Å²) in [6.45, 7) is 18.9. The third-order valence-corrected chi connectivity index (χ3v) is 5.22. The Morgan fingerprint density at radius 3 is 1.71 bits per heavy atom. The summed E-state index contributed by atoms with van der Waals surface area (Å²) in [5, 5.41) is 9.60. The summed E-state index contributed by atoms with van der Waals surface area (Å²) in [6, 6.07) is 0. The molecule has 0 bridgehead atoms. The lowest BCUT2D eigenvalue weighted by Gasteiger charge is -2.43. The van der Waals surface area contributed by atoms with Gasteiger partial charge in [0.05, 0.1) is 28.8 Å². The fourth-order valence-electron chi connectivity index (χ4n) is 2.88. The molecule has 0 aromatic rings. The number of carboxylic acid groups (broad SMARTS) is 1. The maximum Gasteiger partial charge on any atom is 0.309 e. The number of ether oxygens (including phenoxy) is 2. The Bertz CT molecular complexity index is 401. The molecule has 0 heterocycles. The van der Waals surface area contributed by atoms with E-state index in [-0.39, 0.29) is 11.2 Å². The van der Waals surface area contributed by atoms with Crippen LogP contribution in [-0.4, -0.2) is 34.5 Å². The summed E-state index contributed by atoms with van der Waals surface area (Å²) < 4.78 is 12.4. The lowest BCUT2D eigenvalue weighted by atomic mass is 9.76. The number of carboxylic acids is 1. The van der Waals surface area contributed by atoms with Crippen molar-refractivity contribution in [2.75, 3.05) is 6.61 Å². The Morgan fingerprint density at radius 2 is 1.38 bits per heavy atom. The second kappa shape index (κ2) is 8.66. The average molecular weight is 345 g/mol. The first-order valence-electron chi connectivity index (χ1n) is 9.32. The Labute approximate surface area is 149 Å². The van der Waals surface area contributed by atoms with E-state index in [1.165, 1.54) is 0 Å². The number of hydrogen-bond donors (Lipinski definition) is 1. The van der Waals surface area contributed by atoms with Gasteiger partial charge >= 0.3 is 5.97 Å². The Balaban J connectivity index is 5.10. The maximum atomic E-state index is 11.7. The van der Waals surface area contributed by atoms with Gasteiger partial charge in [0.2, 0.25) is 0 Å². The summed E-state index contributed by atoms with van der Waals surface area (Å²) in [5.41, 5.74) is -1.70. The first-order chi connectivity index (χ1) is 10.7. The molecule has 0 saturated carbocycles. The van der Waals surface area contributed by atoms with Gasteiger partial charge in [0.25, 0.3) is 0 Å². The van der Waals surface area contributed by atoms with Crippen molar-refractivity contribution in [2.24, 2.45) is 5.41 Å². The number of carbonyl (C=O) groups is 1. The molecule has 0 aromatic heterocycles. The molecule has 0 rings (SSSR count). The zero-order valence-corrected chi connectivity index (χ0v) is 17.4. The first kappa shape index (κ1) is 23.4. The minimum atomic E-state index is -0.763. The molecule has 4 heteroatoms. The van der Waals surface area contributed by atoms with Gasteiger partial charge in [-0.15, -0.1) is 0 Å². The summed E-state index contributed by atoms with van der Waals surface area (Å²) in [5.74, 6) is -0.748. The Hall–Kier alpha value is -0.610. The predicted molar refractivity (Wildman–Crippen MR) is 99.4 cm³/mol. The molecule has 3 unspecified atom stereocenters. The van der Waals surface area contributed by atoms with Crippen molar-refractivity contribution in [1.29, 1.82) is 0 Å². The second-order valence-electron chi connectivity index (χ2n) is 8.82. The van der Waals surface area contributed by atoms with Crippen LogP contribution in [0, 0.1) is 5.41 Å². The molecule has 0 aliphatic rings. The zero-order chi connectivity index (χ0) is 19.2. The number of aliphatic carboxylic acids is 1. The van der Waals surface area contributed by atoms with Crippen LogP contribution in [0.2, 0.25) is 0 Å². The molecule has 0 aliphatic carbocycles. The highest BCUT2D eigenvalue weighted by Gasteiger charge is 2.42. The van der Waals surface area contributed by atoms with Gasteiger partial charge in [-0.2, -0.15) is 0 Å². The molecular formula is C20H40O4. The standard InChI is InChI=1S/C20H40O4/c1-10-18(7,16(21)22)15-20(9,12-3)24-19(8,11-2)13-14-23-17(4,5)6/h10-15H2,1-9H3,(H,21,22). The minimum Gasteiger partial charge on any atom is -0.481 e. The number of rotatable bonds is 11. The second-order valence-corrected chi connectivity index (χ2v) is 8.82. The first-order valence-corrected chi connectivity index (χ1v) is 9.32. The van der Waals surface area contributed by atoms with Crippen LogP contribution in [0.25, 0.3) is 0 Å². The number of hydrogen-bond acceptors (Lipinski definition) is 3. The molecule has 3 atom stereocenters. The Kier molecular flexibility index (Phi) is 8.44. The van der Waals surface area contributed by atoms with E-state index in [4.69, 9.17) is 9.47 Å². The fourth-order valence-corrected chi connectivity index (χ4v) is 2.88. The molecule has 0 radical (unpaired) electrons. The third-order valence-electron chi connectivity index (χ3n) is 5.22. The van der Waals surface area contributed by atoms with Gasteiger partial charge in [-0.25, -0.2) is 0 Å². The SMILES string of the molecule is CCC(C)(CCOC(C)(C)C)OC(C)(CC)CC(C)(CC)C(=O)O. The van der Waals surface area contributed by atoms with Gasteiger partial charge in [-0.05, 0) is 73.6 Å². The highest BCUT2D eigenvalue weighted by Crippen LogP contribution is 2.39. The van der Waals surface area contributed by atoms with Crippen LogP contribution < -0.4 is 0 Å². The Morgan fingerprint density at radius 1 is 0.875 bits per heavy atom. The normalized spacial score (nSPS) is 20.0. The van der Waals surface area contributed by atoms with Gasteiger partial charge in [-0.1, -0.05) is 20.8 Å². The topological polar surface area (TPSA) is 55.8 Å². The van der Waals surface area contributed by atoms with E-state index >= 15 is 0 Å². The van der Waals surface area contributed by atoms with Gasteiger partial charge in [-0.3, -0.25) is 4.79 Å². The van der Waals surface area contributed by atoms with Crippen LogP contribution in [0.1, 0.15) is 94.4 Å². The van der Waals surface area contributed by atoms with E-state index < -0.39 is 17.0 Å². The summed E-state index contributed by atoms with van der Waals surface area (Å²) >= 11 is 0.